The maximum Gasteiger partial charge on any atom is 0.164 e. The zero-order chi connectivity index (χ0) is 9.56. The van der Waals surface area contributed by atoms with Crippen LogP contribution in [-0.4, -0.2) is 6.71 Å². The highest BCUT2D eigenvalue weighted by Gasteiger charge is 2.11. The molecule has 1 heteroatoms. The summed E-state index contributed by atoms with van der Waals surface area (Å²) < 4.78 is 0. The Labute approximate surface area is 77.8 Å². The van der Waals surface area contributed by atoms with Crippen molar-refractivity contribution in [1.82, 2.24) is 0 Å². The number of hydrogen-bond donors (Lipinski definition) is 0. The van der Waals surface area contributed by atoms with E-state index >= 15 is 0 Å². The highest BCUT2D eigenvalue weighted by Crippen LogP contribution is 2.22. The van der Waals surface area contributed by atoms with E-state index in [2.05, 4.69) is 32.7 Å². The summed E-state index contributed by atoms with van der Waals surface area (Å²) in [6, 6.07) is 0. The van der Waals surface area contributed by atoms with Crippen LogP contribution in [-0.2, 0) is 0 Å². The van der Waals surface area contributed by atoms with Gasteiger partial charge in [-0.1, -0.05) is 57.6 Å². The van der Waals surface area contributed by atoms with Gasteiger partial charge in [0, 0.05) is 0 Å². The molecule has 1 rings (SSSR count). The Balaban J connectivity index is 0.000000561. The lowest BCUT2D eigenvalue weighted by atomic mass is 9.48. The first-order valence-electron chi connectivity index (χ1n) is 5.12. The van der Waals surface area contributed by atoms with Gasteiger partial charge in [-0.2, -0.15) is 0 Å². The summed E-state index contributed by atoms with van der Waals surface area (Å²) in [6.07, 6.45) is 7.00. The predicted octanol–water partition coefficient (Wildman–Crippen LogP) is 3.97. The summed E-state index contributed by atoms with van der Waals surface area (Å²) in [7, 11) is 0. The van der Waals surface area contributed by atoms with Gasteiger partial charge in [0.2, 0.25) is 0 Å². The number of hydrogen-bond acceptors (Lipinski definition) is 0. The van der Waals surface area contributed by atoms with Crippen molar-refractivity contribution in [2.45, 2.75) is 47.3 Å². The van der Waals surface area contributed by atoms with Crippen LogP contribution in [0, 0.1) is 0 Å². The fraction of sp³-hybridized carbons (Fsp3) is 0.636. The molecule has 0 unspecified atom stereocenters. The fourth-order valence-corrected chi connectivity index (χ4v) is 1.24. The molecule has 0 heterocycles. The van der Waals surface area contributed by atoms with E-state index < -0.39 is 0 Å². The molecule has 0 amide bonds. The number of allylic oxidation sites excluding steroid dienone is 4. The molecule has 0 fully saturated rings. The van der Waals surface area contributed by atoms with E-state index in [4.69, 9.17) is 0 Å². The third kappa shape index (κ3) is 3.29. The minimum absolute atomic E-state index is 0.736. The Morgan fingerprint density at radius 3 is 2.08 bits per heavy atom. The quantitative estimate of drug-likeness (QED) is 0.541. The molecule has 1 aliphatic rings. The van der Waals surface area contributed by atoms with Crippen molar-refractivity contribution in [1.29, 1.82) is 0 Å². The summed E-state index contributed by atoms with van der Waals surface area (Å²) in [4.78, 5) is 0. The van der Waals surface area contributed by atoms with Gasteiger partial charge in [0.25, 0.3) is 0 Å². The molecule has 0 saturated heterocycles. The van der Waals surface area contributed by atoms with Crippen LogP contribution in [0.25, 0.3) is 0 Å². The second kappa shape index (κ2) is 6.10. The van der Waals surface area contributed by atoms with Gasteiger partial charge in [-0.05, 0) is 12.8 Å². The molecule has 0 atom stereocenters. The lowest BCUT2D eigenvalue weighted by Crippen LogP contribution is -2.03. The van der Waals surface area contributed by atoms with Crippen molar-refractivity contribution in [3.8, 4) is 0 Å². The second-order valence-corrected chi connectivity index (χ2v) is 3.25. The molecule has 0 aliphatic heterocycles. The van der Waals surface area contributed by atoms with Crippen molar-refractivity contribution in [2.75, 3.05) is 0 Å². The van der Waals surface area contributed by atoms with Gasteiger partial charge in [0.15, 0.2) is 6.71 Å². The van der Waals surface area contributed by atoms with Crippen LogP contribution in [0.2, 0.25) is 13.6 Å². The second-order valence-electron chi connectivity index (χ2n) is 3.25. The van der Waals surface area contributed by atoms with Gasteiger partial charge in [-0.3, -0.25) is 0 Å². The van der Waals surface area contributed by atoms with Gasteiger partial charge in [-0.15, -0.1) is 0 Å². The van der Waals surface area contributed by atoms with Crippen molar-refractivity contribution >= 4 is 6.71 Å². The Bertz CT molecular complexity index is 175. The maximum absolute atomic E-state index is 2.28. The zero-order valence-electron chi connectivity index (χ0n) is 9.15. The van der Waals surface area contributed by atoms with E-state index in [0.29, 0.717) is 0 Å². The van der Waals surface area contributed by atoms with E-state index in [1.807, 2.05) is 13.8 Å². The predicted molar refractivity (Wildman–Crippen MR) is 59.9 cm³/mol. The van der Waals surface area contributed by atoms with Crippen molar-refractivity contribution in [2.24, 2.45) is 0 Å². The first kappa shape index (κ1) is 11.5. The molecule has 0 spiro atoms. The molecule has 0 aromatic carbocycles. The molecular formula is C11H21B. The Kier molecular flexibility index (Phi) is 5.87. The average Bonchev–Trinajstić information content (AvgIpc) is 2.55. The molecule has 68 valence electrons. The monoisotopic (exact) mass is 164 g/mol. The molecule has 0 aromatic rings. The van der Waals surface area contributed by atoms with E-state index in [1.165, 1.54) is 12.8 Å². The largest absolute Gasteiger partial charge is 0.164 e. The van der Waals surface area contributed by atoms with Crippen LogP contribution in [0.3, 0.4) is 0 Å². The van der Waals surface area contributed by atoms with Crippen molar-refractivity contribution < 1.29 is 0 Å². The smallest absolute Gasteiger partial charge is 0.0977 e. The van der Waals surface area contributed by atoms with Crippen LogP contribution in [0.1, 0.15) is 33.6 Å². The lowest BCUT2D eigenvalue weighted by molar-refractivity contribution is 1.04. The standard InChI is InChI=1S/C9H15B.C2H6/c1-4-8-5-6-9(7-8)10(2)3;1-2/h5-6H,4,7H2,1-3H3;1-2H3. The molecule has 0 aromatic heterocycles. The van der Waals surface area contributed by atoms with E-state index in [1.54, 1.807) is 11.0 Å². The van der Waals surface area contributed by atoms with Crippen LogP contribution in [0.15, 0.2) is 23.2 Å². The summed E-state index contributed by atoms with van der Waals surface area (Å²) in [5.74, 6) is 0. The Hall–Kier alpha value is -0.455. The van der Waals surface area contributed by atoms with Gasteiger partial charge in [-0.25, -0.2) is 0 Å². The van der Waals surface area contributed by atoms with Crippen molar-refractivity contribution in [3.05, 3.63) is 23.2 Å². The zero-order valence-corrected chi connectivity index (χ0v) is 9.15. The fourth-order valence-electron chi connectivity index (χ4n) is 1.24. The van der Waals surface area contributed by atoms with E-state index in [9.17, 15) is 0 Å². The molecule has 0 saturated carbocycles. The van der Waals surface area contributed by atoms with Crippen LogP contribution < -0.4 is 0 Å². The van der Waals surface area contributed by atoms with Gasteiger partial charge in [0.1, 0.15) is 0 Å². The SMILES string of the molecule is CC.CCC1=CC=C(B(C)C)C1. The highest BCUT2D eigenvalue weighted by atomic mass is 14.0. The van der Waals surface area contributed by atoms with Crippen LogP contribution in [0.4, 0.5) is 0 Å². The minimum Gasteiger partial charge on any atom is -0.0977 e. The first-order chi connectivity index (χ1) is 5.74. The number of rotatable bonds is 2. The summed E-state index contributed by atoms with van der Waals surface area (Å²) in [5.41, 5.74) is 3.18. The average molecular weight is 164 g/mol. The molecule has 0 bridgehead atoms. The van der Waals surface area contributed by atoms with Crippen LogP contribution in [0.5, 0.6) is 0 Å². The van der Waals surface area contributed by atoms with Crippen molar-refractivity contribution in [3.63, 3.8) is 0 Å². The first-order valence-corrected chi connectivity index (χ1v) is 5.12. The summed E-state index contributed by atoms with van der Waals surface area (Å²) in [5, 5.41) is 0. The molecule has 0 N–H and O–H groups in total. The molecule has 0 nitrogen and oxygen atoms in total. The molecule has 0 radical (unpaired) electrons. The van der Waals surface area contributed by atoms with Gasteiger partial charge in [0.05, 0.1) is 0 Å². The summed E-state index contributed by atoms with van der Waals surface area (Å²) in [6.45, 7) is 11.5. The third-order valence-electron chi connectivity index (χ3n) is 2.16. The Morgan fingerprint density at radius 2 is 1.83 bits per heavy atom. The summed E-state index contributed by atoms with van der Waals surface area (Å²) >= 11 is 0. The minimum atomic E-state index is 0.736. The van der Waals surface area contributed by atoms with E-state index in [-0.39, 0.29) is 0 Å². The lowest BCUT2D eigenvalue weighted by Gasteiger charge is -2.03. The third-order valence-corrected chi connectivity index (χ3v) is 2.16. The molecule has 1 aliphatic carbocycles. The molecular weight excluding hydrogens is 143 g/mol. The normalized spacial score (nSPS) is 14.4. The van der Waals surface area contributed by atoms with Crippen LogP contribution >= 0.6 is 0 Å². The van der Waals surface area contributed by atoms with Gasteiger partial charge >= 0.3 is 0 Å². The highest BCUT2D eigenvalue weighted by molar-refractivity contribution is 6.64. The van der Waals surface area contributed by atoms with E-state index in [0.717, 1.165) is 6.71 Å². The van der Waals surface area contributed by atoms with Gasteiger partial charge < -0.3 is 0 Å². The maximum atomic E-state index is 2.28. The topological polar surface area (TPSA) is 0 Å². The Morgan fingerprint density at radius 1 is 1.25 bits per heavy atom. The molecule has 12 heavy (non-hydrogen) atoms.